The maximum Gasteiger partial charge on any atom is 0.410 e. The van der Waals surface area contributed by atoms with E-state index >= 15 is 0 Å². The SMILES string of the molecule is CCCCCC(C)CC[C@]1(O)C(=O)OCc2c1cc1n(c2=O)Cc2c-1nc1ccccc1c2CCN(C(=O)OCc1ccc(NC(=O)[C@H](C)NC(=O)[C@@H](C)C(C)C)cc1)C(C)C. The van der Waals surface area contributed by atoms with Gasteiger partial charge in [-0.05, 0) is 87.3 Å². The van der Waals surface area contributed by atoms with Gasteiger partial charge in [-0.3, -0.25) is 14.4 Å². The molecule has 3 amide bonds. The fourth-order valence-electron chi connectivity index (χ4n) is 8.31. The number of hydrogen-bond donors (Lipinski definition) is 3. The van der Waals surface area contributed by atoms with Gasteiger partial charge >= 0.3 is 12.1 Å². The van der Waals surface area contributed by atoms with Crippen LogP contribution in [0.2, 0.25) is 0 Å². The Balaban J connectivity index is 1.17. The molecule has 1 unspecified atom stereocenters. The first kappa shape index (κ1) is 46.0. The van der Waals surface area contributed by atoms with Crippen LogP contribution in [0.1, 0.15) is 122 Å². The lowest BCUT2D eigenvalue weighted by atomic mass is 9.82. The molecule has 6 rings (SSSR count). The lowest BCUT2D eigenvalue weighted by molar-refractivity contribution is -0.173. The molecule has 0 fully saturated rings. The van der Waals surface area contributed by atoms with Crippen LogP contribution >= 0.6 is 0 Å². The number of unbranched alkanes of at least 4 members (excludes halogenated alkanes) is 2. The largest absolute Gasteiger partial charge is 0.458 e. The molecule has 0 saturated heterocycles. The third-order valence-corrected chi connectivity index (χ3v) is 12.7. The number of rotatable bonds is 18. The van der Waals surface area contributed by atoms with E-state index < -0.39 is 23.7 Å². The highest BCUT2D eigenvalue weighted by molar-refractivity contribution is 5.97. The van der Waals surface area contributed by atoms with Gasteiger partial charge in [0.2, 0.25) is 11.8 Å². The number of amides is 3. The summed E-state index contributed by atoms with van der Waals surface area (Å²) in [6, 6.07) is 15.6. The number of fused-ring (bicyclic) bond motifs is 5. The third-order valence-electron chi connectivity index (χ3n) is 12.7. The van der Waals surface area contributed by atoms with E-state index in [0.29, 0.717) is 47.9 Å². The molecule has 2 aromatic heterocycles. The van der Waals surface area contributed by atoms with Crippen LogP contribution in [-0.2, 0) is 55.6 Å². The average Bonchev–Trinajstić information content (AvgIpc) is 3.62. The van der Waals surface area contributed by atoms with Crippen molar-refractivity contribution < 1.29 is 33.8 Å². The second-order valence-electron chi connectivity index (χ2n) is 17.9. The molecule has 4 atom stereocenters. The Morgan fingerprint density at radius 2 is 1.68 bits per heavy atom. The van der Waals surface area contributed by atoms with Gasteiger partial charge in [-0.15, -0.1) is 0 Å². The Bertz CT molecular complexity index is 2360. The smallest absolute Gasteiger partial charge is 0.410 e. The van der Waals surface area contributed by atoms with E-state index in [4.69, 9.17) is 14.5 Å². The highest BCUT2D eigenvalue weighted by Gasteiger charge is 2.46. The predicted molar refractivity (Wildman–Crippen MR) is 239 cm³/mol. The van der Waals surface area contributed by atoms with E-state index in [9.17, 15) is 29.1 Å². The van der Waals surface area contributed by atoms with Crippen molar-refractivity contribution in [3.63, 3.8) is 0 Å². The van der Waals surface area contributed by atoms with Crippen molar-refractivity contribution >= 4 is 40.5 Å². The zero-order chi connectivity index (χ0) is 44.9. The number of carbonyl (C=O) groups excluding carboxylic acids is 4. The summed E-state index contributed by atoms with van der Waals surface area (Å²) in [4.78, 5) is 73.1. The number of aliphatic hydroxyl groups is 1. The van der Waals surface area contributed by atoms with Crippen LogP contribution in [0.25, 0.3) is 22.3 Å². The summed E-state index contributed by atoms with van der Waals surface area (Å²) < 4.78 is 12.9. The number of hydrogen-bond acceptors (Lipinski definition) is 9. The number of nitrogens with one attached hydrogen (secondary N) is 2. The van der Waals surface area contributed by atoms with E-state index in [1.54, 1.807) is 46.7 Å². The minimum absolute atomic E-state index is 0.0165. The van der Waals surface area contributed by atoms with Gasteiger partial charge in [-0.2, -0.15) is 0 Å². The number of aromatic nitrogens is 2. The van der Waals surface area contributed by atoms with Crippen LogP contribution < -0.4 is 16.2 Å². The van der Waals surface area contributed by atoms with Crippen LogP contribution in [0.15, 0.2) is 59.4 Å². The monoisotopic (exact) mass is 849 g/mol. The molecule has 4 heterocycles. The lowest BCUT2D eigenvalue weighted by Crippen LogP contribution is -2.45. The molecule has 0 aliphatic carbocycles. The van der Waals surface area contributed by atoms with Crippen LogP contribution in [0.5, 0.6) is 0 Å². The van der Waals surface area contributed by atoms with Gasteiger partial charge in [0.1, 0.15) is 19.3 Å². The summed E-state index contributed by atoms with van der Waals surface area (Å²) in [5.74, 6) is -1.01. The Morgan fingerprint density at radius 3 is 2.37 bits per heavy atom. The van der Waals surface area contributed by atoms with Crippen LogP contribution in [0, 0.1) is 17.8 Å². The van der Waals surface area contributed by atoms with Gasteiger partial charge in [0, 0.05) is 40.7 Å². The highest BCUT2D eigenvalue weighted by Crippen LogP contribution is 2.41. The lowest BCUT2D eigenvalue weighted by Gasteiger charge is -2.33. The van der Waals surface area contributed by atoms with Crippen LogP contribution in [0.3, 0.4) is 0 Å². The molecule has 0 bridgehead atoms. The number of benzene rings is 2. The molecule has 2 aromatic carbocycles. The second-order valence-corrected chi connectivity index (χ2v) is 17.9. The Hall–Kier alpha value is -5.56. The van der Waals surface area contributed by atoms with Crippen LogP contribution in [0.4, 0.5) is 10.5 Å². The van der Waals surface area contributed by atoms with Crippen molar-refractivity contribution in [3.8, 4) is 11.4 Å². The normalized spacial score (nSPS) is 16.9. The average molecular weight is 850 g/mol. The summed E-state index contributed by atoms with van der Waals surface area (Å²) in [6.45, 7) is 15.9. The zero-order valence-corrected chi connectivity index (χ0v) is 37.5. The van der Waals surface area contributed by atoms with Crippen molar-refractivity contribution in [1.82, 2.24) is 19.8 Å². The summed E-state index contributed by atoms with van der Waals surface area (Å²) >= 11 is 0. The second kappa shape index (κ2) is 19.7. The molecule has 2 aliphatic rings. The first-order chi connectivity index (χ1) is 29.5. The van der Waals surface area contributed by atoms with Gasteiger partial charge in [-0.25, -0.2) is 14.6 Å². The van der Waals surface area contributed by atoms with E-state index in [1.807, 2.05) is 58.9 Å². The molecule has 0 spiro atoms. The molecular weight excluding hydrogens is 787 g/mol. The van der Waals surface area contributed by atoms with E-state index in [1.165, 1.54) is 0 Å². The summed E-state index contributed by atoms with van der Waals surface area (Å²) in [7, 11) is 0. The minimum atomic E-state index is -1.94. The molecule has 0 saturated carbocycles. The van der Waals surface area contributed by atoms with E-state index in [-0.39, 0.29) is 67.0 Å². The Morgan fingerprint density at radius 1 is 0.952 bits per heavy atom. The summed E-state index contributed by atoms with van der Waals surface area (Å²) in [5.41, 5.74) is 3.32. The standard InChI is InChI=1S/C49H63N5O8/c1-9-10-11-14-31(6)21-23-49(60)40-25-42-43-38(26-54(42)46(57)39(40)28-61-47(49)58)36(37-15-12-13-16-41(37)52-43)22-24-53(30(4)5)48(59)62-27-34-17-19-35(20-18-34)51-45(56)33(8)50-44(55)32(7)29(2)3/h12-13,15-20,25,29-33,60H,9-11,14,21-24,26-28H2,1-8H3,(H,50,55)(H,51,56)/t31?,32-,33-,49+/m0/s1. The predicted octanol–water partition coefficient (Wildman–Crippen LogP) is 7.99. The summed E-state index contributed by atoms with van der Waals surface area (Å²) in [6.07, 6.45) is 5.06. The topological polar surface area (TPSA) is 169 Å². The van der Waals surface area contributed by atoms with Crippen molar-refractivity contribution in [2.45, 2.75) is 138 Å². The Kier molecular flexibility index (Phi) is 14.6. The maximum absolute atomic E-state index is 14.2. The van der Waals surface area contributed by atoms with Gasteiger partial charge in [-0.1, -0.05) is 90.6 Å². The molecule has 2 aliphatic heterocycles. The number of nitrogens with zero attached hydrogens (tertiary/aromatic N) is 3. The number of pyridine rings is 2. The number of anilines is 1. The minimum Gasteiger partial charge on any atom is -0.458 e. The van der Waals surface area contributed by atoms with Gasteiger partial charge < -0.3 is 34.7 Å². The molecule has 13 heteroatoms. The number of ether oxygens (including phenoxy) is 2. The van der Waals surface area contributed by atoms with Gasteiger partial charge in [0.05, 0.1) is 29.0 Å². The fraction of sp³-hybridized carbons (Fsp3) is 0.510. The van der Waals surface area contributed by atoms with E-state index in [0.717, 1.165) is 53.3 Å². The molecule has 62 heavy (non-hydrogen) atoms. The third kappa shape index (κ3) is 9.88. The molecular formula is C49H63N5O8. The Labute approximate surface area is 364 Å². The van der Waals surface area contributed by atoms with Crippen molar-refractivity contribution in [2.75, 3.05) is 11.9 Å². The van der Waals surface area contributed by atoms with Crippen LogP contribution in [-0.4, -0.2) is 62.1 Å². The zero-order valence-electron chi connectivity index (χ0n) is 37.5. The molecule has 13 nitrogen and oxygen atoms in total. The number of esters is 1. The first-order valence-electron chi connectivity index (χ1n) is 22.2. The summed E-state index contributed by atoms with van der Waals surface area (Å²) in [5, 5.41) is 18.5. The maximum atomic E-state index is 14.2. The number of para-hydroxylation sites is 1. The molecule has 3 N–H and O–H groups in total. The number of carbonyl (C=O) groups is 4. The first-order valence-corrected chi connectivity index (χ1v) is 22.2. The number of cyclic esters (lactones) is 1. The van der Waals surface area contributed by atoms with Gasteiger partial charge in [0.15, 0.2) is 5.60 Å². The van der Waals surface area contributed by atoms with E-state index in [2.05, 4.69) is 24.5 Å². The van der Waals surface area contributed by atoms with Crippen molar-refractivity contribution in [1.29, 1.82) is 0 Å². The molecule has 332 valence electrons. The quantitative estimate of drug-likeness (QED) is 0.0585. The van der Waals surface area contributed by atoms with Crippen molar-refractivity contribution in [3.05, 3.63) is 92.8 Å². The molecule has 0 radical (unpaired) electrons. The fourth-order valence-corrected chi connectivity index (χ4v) is 8.31. The molecule has 4 aromatic rings. The van der Waals surface area contributed by atoms with Crippen molar-refractivity contribution in [2.24, 2.45) is 17.8 Å². The van der Waals surface area contributed by atoms with Gasteiger partial charge in [0.25, 0.3) is 5.56 Å². The highest BCUT2D eigenvalue weighted by atomic mass is 16.6.